The van der Waals surface area contributed by atoms with E-state index in [-0.39, 0.29) is 6.61 Å². The molecule has 0 unspecified atom stereocenters. The third-order valence-corrected chi connectivity index (χ3v) is 6.67. The van der Waals surface area contributed by atoms with Gasteiger partial charge in [-0.15, -0.1) is 0 Å². The van der Waals surface area contributed by atoms with Gasteiger partial charge in [-0.25, -0.2) is 4.79 Å². The third kappa shape index (κ3) is 42.9. The van der Waals surface area contributed by atoms with Gasteiger partial charge in [0.2, 0.25) is 0 Å². The van der Waals surface area contributed by atoms with Crippen LogP contribution in [0.1, 0.15) is 65.2 Å². The zero-order valence-corrected chi connectivity index (χ0v) is 30.9. The summed E-state index contributed by atoms with van der Waals surface area (Å²) in [6, 6.07) is 0. The normalized spacial score (nSPS) is 11.4. The zero-order valence-electron chi connectivity index (χ0n) is 30.9. The van der Waals surface area contributed by atoms with Crippen molar-refractivity contribution in [3.05, 3.63) is 12.2 Å². The van der Waals surface area contributed by atoms with Gasteiger partial charge in [0.1, 0.15) is 6.61 Å². The van der Waals surface area contributed by atoms with Crippen LogP contribution in [-0.4, -0.2) is 158 Å². The monoisotopic (exact) mass is 710 g/mol. The number of unbranched alkanes of at least 4 members (excludes halogenated alkanes) is 7. The molecule has 0 aromatic rings. The number of rotatable bonds is 43. The Hall–Kier alpha value is -1.23. The number of carbonyl (C=O) groups excluding carboxylic acids is 1. The summed E-state index contributed by atoms with van der Waals surface area (Å²) in [7, 11) is 0. The molecule has 0 radical (unpaired) electrons. The van der Waals surface area contributed by atoms with Crippen molar-refractivity contribution in [2.75, 3.05) is 152 Å². The second kappa shape index (κ2) is 42.9. The molecule has 0 aliphatic carbocycles. The van der Waals surface area contributed by atoms with Crippen molar-refractivity contribution in [3.63, 3.8) is 0 Å². The predicted molar refractivity (Wildman–Crippen MR) is 187 cm³/mol. The first-order chi connectivity index (χ1) is 24.2. The predicted octanol–water partition coefficient (Wildman–Crippen LogP) is 4.43. The second-order valence-corrected chi connectivity index (χ2v) is 11.1. The van der Waals surface area contributed by atoms with Gasteiger partial charge in [-0.3, -0.25) is 0 Å². The molecule has 13 heteroatoms. The molecule has 0 heterocycles. The van der Waals surface area contributed by atoms with E-state index in [9.17, 15) is 4.79 Å². The Balaban J connectivity index is 3.07. The zero-order chi connectivity index (χ0) is 35.6. The van der Waals surface area contributed by atoms with Crippen LogP contribution in [0.2, 0.25) is 0 Å². The van der Waals surface area contributed by atoms with E-state index in [1.807, 2.05) is 0 Å². The quantitative estimate of drug-likeness (QED) is 0.0504. The molecule has 0 aromatic heterocycles. The van der Waals surface area contributed by atoms with Gasteiger partial charge in [0.15, 0.2) is 0 Å². The maximum Gasteiger partial charge on any atom is 0.333 e. The number of hydrogen-bond acceptors (Lipinski definition) is 13. The summed E-state index contributed by atoms with van der Waals surface area (Å²) in [5.41, 5.74) is 0.372. The fourth-order valence-corrected chi connectivity index (χ4v) is 3.96. The van der Waals surface area contributed by atoms with Crippen LogP contribution >= 0.6 is 0 Å². The highest BCUT2D eigenvalue weighted by Gasteiger charge is 2.02. The first kappa shape index (κ1) is 47.8. The van der Waals surface area contributed by atoms with Crippen molar-refractivity contribution >= 4 is 5.97 Å². The maximum absolute atomic E-state index is 11.2. The first-order valence-corrected chi connectivity index (χ1v) is 18.4. The minimum absolute atomic E-state index is 0.201. The summed E-state index contributed by atoms with van der Waals surface area (Å²) in [4.78, 5) is 11.2. The highest BCUT2D eigenvalue weighted by molar-refractivity contribution is 5.86. The Labute approximate surface area is 296 Å². The molecule has 49 heavy (non-hydrogen) atoms. The Kier molecular flexibility index (Phi) is 41.9. The van der Waals surface area contributed by atoms with E-state index in [4.69, 9.17) is 56.8 Å². The van der Waals surface area contributed by atoms with Crippen LogP contribution in [0.4, 0.5) is 0 Å². The molecule has 13 nitrogen and oxygen atoms in total. The second-order valence-electron chi connectivity index (χ2n) is 11.1. The molecule has 0 aliphatic heterocycles. The lowest BCUT2D eigenvalue weighted by atomic mass is 10.1. The molecule has 0 saturated carbocycles. The van der Waals surface area contributed by atoms with Gasteiger partial charge >= 0.3 is 5.97 Å². The molecule has 0 N–H and O–H groups in total. The lowest BCUT2D eigenvalue weighted by molar-refractivity contribution is -0.140. The molecule has 0 spiro atoms. The Morgan fingerprint density at radius 3 is 0.837 bits per heavy atom. The third-order valence-electron chi connectivity index (χ3n) is 6.67. The van der Waals surface area contributed by atoms with E-state index in [1.165, 1.54) is 44.9 Å². The molecule has 0 fully saturated rings. The molecular formula is C36H70O13. The van der Waals surface area contributed by atoms with Gasteiger partial charge in [0.05, 0.1) is 139 Å². The highest BCUT2D eigenvalue weighted by Crippen LogP contribution is 2.08. The van der Waals surface area contributed by atoms with Gasteiger partial charge in [0, 0.05) is 12.2 Å². The van der Waals surface area contributed by atoms with Crippen molar-refractivity contribution in [2.45, 2.75) is 65.2 Å². The summed E-state index contributed by atoms with van der Waals surface area (Å²) in [5.74, 6) is -0.411. The Bertz CT molecular complexity index is 669. The molecule has 292 valence electrons. The summed E-state index contributed by atoms with van der Waals surface area (Å²) in [5, 5.41) is 0. The van der Waals surface area contributed by atoms with Crippen molar-refractivity contribution in [1.82, 2.24) is 0 Å². The number of hydrogen-bond donors (Lipinski definition) is 0. The smallest absolute Gasteiger partial charge is 0.333 e. The molecule has 0 rings (SSSR count). The SMILES string of the molecule is C=C(C)C(=O)OCCOCCOCCOCCOCCOCCOCCOCCOCCOCCOCCOCCCCCCCCCC. The van der Waals surface area contributed by atoms with Crippen molar-refractivity contribution in [2.24, 2.45) is 0 Å². The van der Waals surface area contributed by atoms with Crippen LogP contribution < -0.4 is 0 Å². The van der Waals surface area contributed by atoms with Crippen molar-refractivity contribution in [1.29, 1.82) is 0 Å². The van der Waals surface area contributed by atoms with Crippen LogP contribution in [0.15, 0.2) is 12.2 Å². The first-order valence-electron chi connectivity index (χ1n) is 18.4. The topological polar surface area (TPSA) is 128 Å². The molecule has 0 atom stereocenters. The average molecular weight is 711 g/mol. The Morgan fingerprint density at radius 2 is 0.571 bits per heavy atom. The van der Waals surface area contributed by atoms with E-state index >= 15 is 0 Å². The average Bonchev–Trinajstić information content (AvgIpc) is 3.10. The molecule has 0 amide bonds. The van der Waals surface area contributed by atoms with Gasteiger partial charge in [-0.1, -0.05) is 58.4 Å². The molecule has 0 bridgehead atoms. The Morgan fingerprint density at radius 1 is 0.347 bits per heavy atom. The van der Waals surface area contributed by atoms with Crippen LogP contribution in [-0.2, 0) is 61.6 Å². The summed E-state index contributed by atoms with van der Waals surface area (Å²) in [6.45, 7) is 19.0. The fourth-order valence-electron chi connectivity index (χ4n) is 3.96. The maximum atomic E-state index is 11.2. The van der Waals surface area contributed by atoms with Gasteiger partial charge in [-0.05, 0) is 13.3 Å². The van der Waals surface area contributed by atoms with E-state index in [1.54, 1.807) is 6.92 Å². The minimum atomic E-state index is -0.411. The summed E-state index contributed by atoms with van der Waals surface area (Å²) < 4.78 is 65.2. The van der Waals surface area contributed by atoms with Crippen molar-refractivity contribution < 1.29 is 61.6 Å². The summed E-state index contributed by atoms with van der Waals surface area (Å²) >= 11 is 0. The lowest BCUT2D eigenvalue weighted by Crippen LogP contribution is -2.15. The minimum Gasteiger partial charge on any atom is -0.460 e. The fraction of sp³-hybridized carbons (Fsp3) is 0.917. The van der Waals surface area contributed by atoms with Gasteiger partial charge < -0.3 is 56.8 Å². The summed E-state index contributed by atoms with van der Waals surface area (Å²) in [6.07, 6.45) is 10.5. The van der Waals surface area contributed by atoms with E-state index in [0.717, 1.165) is 13.0 Å². The number of carbonyl (C=O) groups is 1. The van der Waals surface area contributed by atoms with Crippen LogP contribution in [0.25, 0.3) is 0 Å². The van der Waals surface area contributed by atoms with Gasteiger partial charge in [0.25, 0.3) is 0 Å². The molecule has 0 saturated heterocycles. The van der Waals surface area contributed by atoms with Crippen molar-refractivity contribution in [3.8, 4) is 0 Å². The highest BCUT2D eigenvalue weighted by atomic mass is 16.6. The van der Waals surface area contributed by atoms with E-state index in [2.05, 4.69) is 13.5 Å². The van der Waals surface area contributed by atoms with Crippen LogP contribution in [0, 0.1) is 0 Å². The number of esters is 1. The van der Waals surface area contributed by atoms with E-state index in [0.29, 0.717) is 144 Å². The standard InChI is InChI=1S/C36H70O13/c1-4-5-6-7-8-9-10-11-12-38-13-14-39-15-16-40-17-18-41-19-20-42-21-22-43-23-24-44-25-26-45-27-28-46-29-30-47-31-32-48-33-34-49-36(37)35(2)3/h2,4-34H2,1,3H3. The molecule has 0 aliphatic rings. The van der Waals surface area contributed by atoms with Gasteiger partial charge in [-0.2, -0.15) is 0 Å². The molecular weight excluding hydrogens is 640 g/mol. The van der Waals surface area contributed by atoms with Crippen LogP contribution in [0.3, 0.4) is 0 Å². The largest absolute Gasteiger partial charge is 0.460 e. The van der Waals surface area contributed by atoms with Crippen LogP contribution in [0.5, 0.6) is 0 Å². The lowest BCUT2D eigenvalue weighted by Gasteiger charge is -2.09. The molecule has 0 aromatic carbocycles. The van der Waals surface area contributed by atoms with E-state index < -0.39 is 5.97 Å². The number of ether oxygens (including phenoxy) is 12.